The number of hydrogen-bond donors (Lipinski definition) is 1. The molecule has 138 valence electrons. The number of nitrogens with one attached hydrogen (secondary N) is 1. The highest BCUT2D eigenvalue weighted by Gasteiger charge is 2.11. The lowest BCUT2D eigenvalue weighted by molar-refractivity contribution is 0.628. The summed E-state index contributed by atoms with van der Waals surface area (Å²) < 4.78 is 15.1. The van der Waals surface area contributed by atoms with Crippen molar-refractivity contribution in [2.45, 2.75) is 0 Å². The van der Waals surface area contributed by atoms with E-state index >= 15 is 0 Å². The third kappa shape index (κ3) is 3.94. The molecule has 0 bridgehead atoms. The molecule has 6 heteroatoms. The van der Waals surface area contributed by atoms with Gasteiger partial charge in [0.1, 0.15) is 11.5 Å². The molecule has 3 aromatic carbocycles. The molecule has 4 rings (SSSR count). The number of aromatic nitrogens is 2. The molecule has 0 spiro atoms. The van der Waals surface area contributed by atoms with Gasteiger partial charge >= 0.3 is 0 Å². The Morgan fingerprint density at radius 1 is 0.929 bits per heavy atom. The third-order valence-electron chi connectivity index (χ3n) is 4.14. The van der Waals surface area contributed by atoms with Crippen LogP contribution in [0, 0.1) is 5.82 Å². The molecule has 0 saturated heterocycles. The number of nitrogens with zero attached hydrogens (tertiary/aromatic N) is 3. The summed E-state index contributed by atoms with van der Waals surface area (Å²) in [6, 6.07) is 23.4. The largest absolute Gasteiger partial charge is 0.277 e. The highest BCUT2D eigenvalue weighted by Crippen LogP contribution is 2.24. The van der Waals surface area contributed by atoms with Crippen LogP contribution in [-0.2, 0) is 0 Å². The van der Waals surface area contributed by atoms with Crippen molar-refractivity contribution >= 4 is 23.5 Å². The van der Waals surface area contributed by atoms with E-state index in [0.717, 1.165) is 16.8 Å². The van der Waals surface area contributed by atoms with E-state index in [1.165, 1.54) is 12.1 Å². The second-order valence-electron chi connectivity index (χ2n) is 6.07. The van der Waals surface area contributed by atoms with E-state index in [1.807, 2.05) is 54.7 Å². The Hall–Kier alpha value is -3.44. The molecule has 0 aliphatic heterocycles. The summed E-state index contributed by atoms with van der Waals surface area (Å²) >= 11 is 6.14. The molecule has 1 N–H and O–H groups in total. The van der Waals surface area contributed by atoms with Crippen LogP contribution in [0.1, 0.15) is 5.56 Å². The fourth-order valence-electron chi connectivity index (χ4n) is 2.75. The van der Waals surface area contributed by atoms with E-state index in [1.54, 1.807) is 29.1 Å². The number of anilines is 1. The van der Waals surface area contributed by atoms with Crippen molar-refractivity contribution < 1.29 is 4.39 Å². The molecule has 0 atom stereocenters. The Balaban J connectivity index is 1.70. The van der Waals surface area contributed by atoms with Crippen LogP contribution in [0.3, 0.4) is 0 Å². The molecule has 1 aromatic heterocycles. The molecule has 28 heavy (non-hydrogen) atoms. The van der Waals surface area contributed by atoms with Gasteiger partial charge < -0.3 is 0 Å². The molecule has 4 aromatic rings. The predicted octanol–water partition coefficient (Wildman–Crippen LogP) is 5.78. The van der Waals surface area contributed by atoms with Gasteiger partial charge in [-0.15, -0.1) is 0 Å². The maximum atomic E-state index is 13.3. The first-order chi connectivity index (χ1) is 13.7. The van der Waals surface area contributed by atoms with Crippen LogP contribution in [0.5, 0.6) is 0 Å². The first-order valence-electron chi connectivity index (χ1n) is 8.65. The zero-order valence-electron chi connectivity index (χ0n) is 14.8. The van der Waals surface area contributed by atoms with E-state index in [-0.39, 0.29) is 5.82 Å². The van der Waals surface area contributed by atoms with Crippen molar-refractivity contribution in [3.05, 3.63) is 101 Å². The Morgan fingerprint density at radius 2 is 1.64 bits per heavy atom. The molecule has 4 nitrogen and oxygen atoms in total. The van der Waals surface area contributed by atoms with E-state index in [9.17, 15) is 4.39 Å². The summed E-state index contributed by atoms with van der Waals surface area (Å²) in [7, 11) is 0. The highest BCUT2D eigenvalue weighted by atomic mass is 35.5. The first-order valence-corrected chi connectivity index (χ1v) is 9.03. The van der Waals surface area contributed by atoms with Crippen LogP contribution >= 0.6 is 11.6 Å². The van der Waals surface area contributed by atoms with Gasteiger partial charge in [0.05, 0.1) is 22.6 Å². The lowest BCUT2D eigenvalue weighted by Gasteiger charge is -2.02. The maximum Gasteiger partial charge on any atom is 0.123 e. The van der Waals surface area contributed by atoms with Gasteiger partial charge in [-0.25, -0.2) is 9.07 Å². The topological polar surface area (TPSA) is 42.2 Å². The zero-order chi connectivity index (χ0) is 19.3. The molecule has 0 aliphatic rings. The number of hydrazone groups is 1. The molecule has 0 saturated carbocycles. The predicted molar refractivity (Wildman–Crippen MR) is 112 cm³/mol. The smallest absolute Gasteiger partial charge is 0.123 e. The van der Waals surface area contributed by atoms with Crippen molar-refractivity contribution in [2.75, 3.05) is 5.43 Å². The summed E-state index contributed by atoms with van der Waals surface area (Å²) in [5.41, 5.74) is 6.86. The SMILES string of the molecule is Fc1ccc(-c2nn(-c3ccccc3)cc2/C=N\Nc2ccccc2Cl)cc1. The average Bonchev–Trinajstić information content (AvgIpc) is 3.15. The maximum absolute atomic E-state index is 13.3. The average molecular weight is 391 g/mol. The van der Waals surface area contributed by atoms with Gasteiger partial charge in [0.15, 0.2) is 0 Å². The van der Waals surface area contributed by atoms with Crippen LogP contribution < -0.4 is 5.43 Å². The summed E-state index contributed by atoms with van der Waals surface area (Å²) in [4.78, 5) is 0. The van der Waals surface area contributed by atoms with Gasteiger partial charge in [-0.2, -0.15) is 10.2 Å². The van der Waals surface area contributed by atoms with Crippen molar-refractivity contribution in [1.82, 2.24) is 9.78 Å². The Labute approximate surface area is 166 Å². The number of rotatable bonds is 5. The summed E-state index contributed by atoms with van der Waals surface area (Å²) in [5.74, 6) is -0.290. The summed E-state index contributed by atoms with van der Waals surface area (Å²) in [6.07, 6.45) is 3.56. The van der Waals surface area contributed by atoms with E-state index in [0.29, 0.717) is 16.4 Å². The van der Waals surface area contributed by atoms with Gasteiger partial charge in [0.2, 0.25) is 0 Å². The van der Waals surface area contributed by atoms with Gasteiger partial charge in [-0.1, -0.05) is 41.9 Å². The Morgan fingerprint density at radius 3 is 2.39 bits per heavy atom. The minimum atomic E-state index is -0.290. The third-order valence-corrected chi connectivity index (χ3v) is 4.47. The fraction of sp³-hybridized carbons (Fsp3) is 0. The van der Waals surface area contributed by atoms with Crippen LogP contribution in [0.25, 0.3) is 16.9 Å². The first kappa shape index (κ1) is 17.9. The number of para-hydroxylation sites is 2. The second-order valence-corrected chi connectivity index (χ2v) is 6.48. The van der Waals surface area contributed by atoms with Crippen LogP contribution in [0.15, 0.2) is 90.2 Å². The Bertz CT molecular complexity index is 1110. The van der Waals surface area contributed by atoms with Crippen molar-refractivity contribution in [1.29, 1.82) is 0 Å². The van der Waals surface area contributed by atoms with Crippen molar-refractivity contribution in [2.24, 2.45) is 5.10 Å². The van der Waals surface area contributed by atoms with Gasteiger partial charge in [-0.05, 0) is 48.5 Å². The summed E-state index contributed by atoms with van der Waals surface area (Å²) in [6.45, 7) is 0. The minimum Gasteiger partial charge on any atom is -0.277 e. The van der Waals surface area contributed by atoms with Gasteiger partial charge in [0.25, 0.3) is 0 Å². The normalized spacial score (nSPS) is 11.1. The van der Waals surface area contributed by atoms with Gasteiger partial charge in [0, 0.05) is 17.3 Å². The molecule has 0 amide bonds. The second kappa shape index (κ2) is 8.06. The van der Waals surface area contributed by atoms with Crippen LogP contribution in [-0.4, -0.2) is 16.0 Å². The molecule has 0 unspecified atom stereocenters. The molecule has 0 radical (unpaired) electrons. The van der Waals surface area contributed by atoms with E-state index in [2.05, 4.69) is 15.6 Å². The lowest BCUT2D eigenvalue weighted by Crippen LogP contribution is -1.94. The number of benzene rings is 3. The van der Waals surface area contributed by atoms with Crippen LogP contribution in [0.2, 0.25) is 5.02 Å². The number of hydrogen-bond acceptors (Lipinski definition) is 3. The molecular formula is C22H16ClFN4. The molecular weight excluding hydrogens is 375 g/mol. The van der Waals surface area contributed by atoms with Crippen LogP contribution in [0.4, 0.5) is 10.1 Å². The minimum absolute atomic E-state index is 0.290. The highest BCUT2D eigenvalue weighted by molar-refractivity contribution is 6.33. The lowest BCUT2D eigenvalue weighted by atomic mass is 10.1. The van der Waals surface area contributed by atoms with E-state index < -0.39 is 0 Å². The number of halogens is 2. The molecule has 1 heterocycles. The molecule has 0 aliphatic carbocycles. The monoisotopic (exact) mass is 390 g/mol. The fourth-order valence-corrected chi connectivity index (χ4v) is 2.93. The quantitative estimate of drug-likeness (QED) is 0.347. The molecule has 0 fully saturated rings. The van der Waals surface area contributed by atoms with Crippen molar-refractivity contribution in [3.63, 3.8) is 0 Å². The standard InChI is InChI=1S/C22H16ClFN4/c23-20-8-4-5-9-21(20)26-25-14-17-15-28(19-6-2-1-3-7-19)27-22(17)16-10-12-18(24)13-11-16/h1-15,26H/b25-14-. The Kier molecular flexibility index (Phi) is 5.17. The summed E-state index contributed by atoms with van der Waals surface area (Å²) in [5, 5.41) is 9.55. The van der Waals surface area contributed by atoms with Gasteiger partial charge in [-0.3, -0.25) is 5.43 Å². The van der Waals surface area contributed by atoms with E-state index in [4.69, 9.17) is 11.6 Å². The van der Waals surface area contributed by atoms with Crippen molar-refractivity contribution in [3.8, 4) is 16.9 Å². The zero-order valence-corrected chi connectivity index (χ0v) is 15.5.